The van der Waals surface area contributed by atoms with Crippen LogP contribution in [0.2, 0.25) is 5.02 Å². The van der Waals surface area contributed by atoms with Crippen LogP contribution in [0.1, 0.15) is 5.69 Å². The Balaban J connectivity index is 2.04. The van der Waals surface area contributed by atoms with Gasteiger partial charge in [0.05, 0.1) is 11.4 Å². The Bertz CT molecular complexity index is 693. The lowest BCUT2D eigenvalue weighted by atomic mass is 10.3. The van der Waals surface area contributed by atoms with E-state index in [-0.39, 0.29) is 5.75 Å². The second kappa shape index (κ2) is 6.73. The first-order chi connectivity index (χ1) is 9.46. The fourth-order valence-electron chi connectivity index (χ4n) is 1.58. The van der Waals surface area contributed by atoms with E-state index >= 15 is 0 Å². The van der Waals surface area contributed by atoms with Gasteiger partial charge in [0, 0.05) is 26.9 Å². The molecule has 1 aromatic heterocycles. The SMILES string of the molecule is O=S(=O)(CCc1ccccn1)Nc1ccc(Cl)cc1I. The lowest BCUT2D eigenvalue weighted by molar-refractivity contribution is 0.600. The third-order valence-electron chi connectivity index (χ3n) is 2.55. The molecule has 0 radical (unpaired) electrons. The summed E-state index contributed by atoms with van der Waals surface area (Å²) in [4.78, 5) is 4.11. The van der Waals surface area contributed by atoms with Crippen molar-refractivity contribution in [3.8, 4) is 0 Å². The van der Waals surface area contributed by atoms with Gasteiger partial charge < -0.3 is 0 Å². The number of nitrogens with one attached hydrogen (secondary N) is 1. The maximum atomic E-state index is 12.0. The minimum atomic E-state index is -3.41. The van der Waals surface area contributed by atoms with Crippen molar-refractivity contribution in [2.75, 3.05) is 10.5 Å². The van der Waals surface area contributed by atoms with Crippen LogP contribution in [0.4, 0.5) is 5.69 Å². The molecule has 7 heteroatoms. The molecule has 1 aromatic carbocycles. The normalized spacial score (nSPS) is 11.3. The summed E-state index contributed by atoms with van der Waals surface area (Å²) in [6.45, 7) is 0. The number of pyridine rings is 1. The summed E-state index contributed by atoms with van der Waals surface area (Å²) in [5.74, 6) is -0.0112. The summed E-state index contributed by atoms with van der Waals surface area (Å²) >= 11 is 7.88. The molecule has 0 saturated heterocycles. The van der Waals surface area contributed by atoms with Crippen LogP contribution in [-0.4, -0.2) is 19.2 Å². The molecule has 0 atom stereocenters. The summed E-state index contributed by atoms with van der Waals surface area (Å²) in [5, 5.41) is 0.575. The van der Waals surface area contributed by atoms with Crippen LogP contribution in [0.25, 0.3) is 0 Å². The predicted octanol–water partition coefficient (Wildman–Crippen LogP) is 3.32. The highest BCUT2D eigenvalue weighted by molar-refractivity contribution is 14.1. The van der Waals surface area contributed by atoms with Gasteiger partial charge in [-0.05, 0) is 52.9 Å². The van der Waals surface area contributed by atoms with Crippen LogP contribution in [0.3, 0.4) is 0 Å². The van der Waals surface area contributed by atoms with Crippen molar-refractivity contribution in [2.24, 2.45) is 0 Å². The second-order valence-electron chi connectivity index (χ2n) is 4.12. The number of hydrogen-bond donors (Lipinski definition) is 1. The van der Waals surface area contributed by atoms with Crippen molar-refractivity contribution in [1.82, 2.24) is 4.98 Å². The molecule has 0 aliphatic rings. The topological polar surface area (TPSA) is 59.1 Å². The van der Waals surface area contributed by atoms with Crippen LogP contribution in [0.15, 0.2) is 42.6 Å². The predicted molar refractivity (Wildman–Crippen MR) is 89.5 cm³/mol. The molecule has 0 aliphatic carbocycles. The molecule has 2 rings (SSSR count). The maximum absolute atomic E-state index is 12.0. The number of anilines is 1. The fraction of sp³-hybridized carbons (Fsp3) is 0.154. The van der Waals surface area contributed by atoms with E-state index in [0.717, 1.165) is 9.26 Å². The first-order valence-corrected chi connectivity index (χ1v) is 8.93. The Hall–Kier alpha value is -0.860. The second-order valence-corrected chi connectivity index (χ2v) is 7.56. The summed E-state index contributed by atoms with van der Waals surface area (Å²) in [5.41, 5.74) is 1.29. The zero-order chi connectivity index (χ0) is 14.6. The molecule has 1 heterocycles. The standard InChI is InChI=1S/C13H12ClIN2O2S/c14-10-4-5-13(12(15)9-10)17-20(18,19)8-6-11-3-1-2-7-16-11/h1-5,7,9,17H,6,8H2. The molecule has 0 unspecified atom stereocenters. The Kier molecular flexibility index (Phi) is 5.22. The van der Waals surface area contributed by atoms with Gasteiger partial charge in [-0.25, -0.2) is 8.42 Å². The Morgan fingerprint density at radius 2 is 2.05 bits per heavy atom. The Morgan fingerprint density at radius 1 is 1.25 bits per heavy atom. The average Bonchev–Trinajstić information content (AvgIpc) is 2.41. The number of hydrogen-bond acceptors (Lipinski definition) is 3. The highest BCUT2D eigenvalue weighted by Crippen LogP contribution is 2.23. The van der Waals surface area contributed by atoms with Crippen LogP contribution in [-0.2, 0) is 16.4 Å². The van der Waals surface area contributed by atoms with Crippen molar-refractivity contribution in [3.05, 3.63) is 56.9 Å². The molecule has 20 heavy (non-hydrogen) atoms. The van der Waals surface area contributed by atoms with Crippen molar-refractivity contribution >= 4 is 49.9 Å². The first kappa shape index (κ1) is 15.5. The number of sulfonamides is 1. The van der Waals surface area contributed by atoms with Crippen molar-refractivity contribution in [3.63, 3.8) is 0 Å². The summed E-state index contributed by atoms with van der Waals surface area (Å²) in [6.07, 6.45) is 2.03. The highest BCUT2D eigenvalue weighted by atomic mass is 127. The minimum absolute atomic E-state index is 0.0112. The van der Waals surface area contributed by atoms with Gasteiger partial charge in [0.1, 0.15) is 0 Å². The highest BCUT2D eigenvalue weighted by Gasteiger charge is 2.13. The zero-order valence-electron chi connectivity index (χ0n) is 10.4. The summed E-state index contributed by atoms with van der Waals surface area (Å²) in [6, 6.07) is 10.5. The molecule has 0 spiro atoms. The van der Waals surface area contributed by atoms with Crippen LogP contribution in [0.5, 0.6) is 0 Å². The number of benzene rings is 1. The lowest BCUT2D eigenvalue weighted by Crippen LogP contribution is -2.19. The van der Waals surface area contributed by atoms with E-state index in [1.54, 1.807) is 30.5 Å². The molecule has 0 bridgehead atoms. The van der Waals surface area contributed by atoms with Gasteiger partial charge in [0.15, 0.2) is 0 Å². The van der Waals surface area contributed by atoms with Crippen LogP contribution < -0.4 is 4.72 Å². The molecule has 1 N–H and O–H groups in total. The molecule has 0 amide bonds. The first-order valence-electron chi connectivity index (χ1n) is 5.82. The number of aromatic nitrogens is 1. The van der Waals surface area contributed by atoms with Gasteiger partial charge in [-0.1, -0.05) is 17.7 Å². The quantitative estimate of drug-likeness (QED) is 0.752. The van der Waals surface area contributed by atoms with E-state index in [2.05, 4.69) is 9.71 Å². The van der Waals surface area contributed by atoms with Crippen LogP contribution >= 0.6 is 34.2 Å². The molecule has 4 nitrogen and oxygen atoms in total. The Morgan fingerprint density at radius 3 is 2.70 bits per heavy atom. The van der Waals surface area contributed by atoms with E-state index in [9.17, 15) is 8.42 Å². The van der Waals surface area contributed by atoms with E-state index in [4.69, 9.17) is 11.6 Å². The average molecular weight is 423 g/mol. The zero-order valence-corrected chi connectivity index (χ0v) is 14.1. The van der Waals surface area contributed by atoms with Crippen LogP contribution in [0, 0.1) is 3.57 Å². The van der Waals surface area contributed by atoms with Crippen molar-refractivity contribution in [1.29, 1.82) is 0 Å². The molecule has 0 saturated carbocycles. The molecular weight excluding hydrogens is 411 g/mol. The summed E-state index contributed by atoms with van der Waals surface area (Å²) < 4.78 is 27.4. The number of aryl methyl sites for hydroxylation is 1. The summed E-state index contributed by atoms with van der Waals surface area (Å²) in [7, 11) is -3.41. The van der Waals surface area contributed by atoms with Gasteiger partial charge in [-0.15, -0.1) is 0 Å². The maximum Gasteiger partial charge on any atom is 0.233 e. The van der Waals surface area contributed by atoms with Gasteiger partial charge in [-0.2, -0.15) is 0 Å². The van der Waals surface area contributed by atoms with Crippen molar-refractivity contribution in [2.45, 2.75) is 6.42 Å². The largest absolute Gasteiger partial charge is 0.282 e. The third kappa shape index (κ3) is 4.60. The molecule has 2 aromatic rings. The number of nitrogens with zero attached hydrogens (tertiary/aromatic N) is 1. The fourth-order valence-corrected chi connectivity index (χ4v) is 3.86. The number of rotatable bonds is 5. The third-order valence-corrected chi connectivity index (χ3v) is 4.95. The number of halogens is 2. The smallest absolute Gasteiger partial charge is 0.233 e. The van der Waals surface area contributed by atoms with E-state index in [1.165, 1.54) is 0 Å². The van der Waals surface area contributed by atoms with E-state index < -0.39 is 10.0 Å². The lowest BCUT2D eigenvalue weighted by Gasteiger charge is -2.09. The Labute approximate surface area is 136 Å². The monoisotopic (exact) mass is 422 g/mol. The van der Waals surface area contributed by atoms with Crippen molar-refractivity contribution < 1.29 is 8.42 Å². The molecular formula is C13H12ClIN2O2S. The van der Waals surface area contributed by atoms with E-state index in [0.29, 0.717) is 17.1 Å². The van der Waals surface area contributed by atoms with Gasteiger partial charge in [0.2, 0.25) is 10.0 Å². The van der Waals surface area contributed by atoms with Gasteiger partial charge >= 0.3 is 0 Å². The minimum Gasteiger partial charge on any atom is -0.282 e. The molecule has 106 valence electrons. The van der Waals surface area contributed by atoms with Gasteiger partial charge in [0.25, 0.3) is 0 Å². The van der Waals surface area contributed by atoms with E-state index in [1.807, 2.05) is 34.7 Å². The van der Waals surface area contributed by atoms with Gasteiger partial charge in [-0.3, -0.25) is 9.71 Å². The molecule has 0 fully saturated rings. The molecule has 0 aliphatic heterocycles.